The van der Waals surface area contributed by atoms with Crippen LogP contribution in [0.3, 0.4) is 0 Å². The fourth-order valence-electron chi connectivity index (χ4n) is 2.82. The lowest BCUT2D eigenvalue weighted by Gasteiger charge is -2.36. The van der Waals surface area contributed by atoms with Gasteiger partial charge in [0, 0.05) is 32.7 Å². The van der Waals surface area contributed by atoms with Crippen molar-refractivity contribution < 1.29 is 32.7 Å². The number of alkyl halides is 3. The summed E-state index contributed by atoms with van der Waals surface area (Å²) in [7, 11) is 0. The number of halogens is 3. The summed E-state index contributed by atoms with van der Waals surface area (Å²) >= 11 is 0. The van der Waals surface area contributed by atoms with Crippen LogP contribution in [-0.4, -0.2) is 82.7 Å². The van der Waals surface area contributed by atoms with Gasteiger partial charge in [0.2, 0.25) is 0 Å². The molecule has 0 aromatic heterocycles. The molecule has 1 N–H and O–H groups in total. The van der Waals surface area contributed by atoms with Crippen molar-refractivity contribution in [1.82, 2.24) is 14.7 Å². The number of carbonyl (C=O) groups is 3. The van der Waals surface area contributed by atoms with Crippen LogP contribution in [0.25, 0.3) is 0 Å². The Balaban J connectivity index is 2.05. The predicted molar refractivity (Wildman–Crippen MR) is 71.5 cm³/mol. The molecule has 3 amide bonds. The third kappa shape index (κ3) is 3.35. The topological polar surface area (TPSA) is 81.2 Å². The summed E-state index contributed by atoms with van der Waals surface area (Å²) in [4.78, 5) is 38.1. The molecule has 0 aromatic carbocycles. The second-order valence-corrected chi connectivity index (χ2v) is 6.45. The monoisotopic (exact) mass is 337 g/mol. The Morgan fingerprint density at radius 3 is 2.35 bits per heavy atom. The Morgan fingerprint density at radius 1 is 1.22 bits per heavy atom. The average molecular weight is 337 g/mol. The number of nitrogens with zero attached hydrogens (tertiary/aromatic N) is 3. The first kappa shape index (κ1) is 17.4. The number of piperazine rings is 1. The number of rotatable bonds is 3. The van der Waals surface area contributed by atoms with E-state index in [9.17, 15) is 27.6 Å². The maximum absolute atomic E-state index is 12.5. The summed E-state index contributed by atoms with van der Waals surface area (Å²) in [5.41, 5.74) is -1.16. The lowest BCUT2D eigenvalue weighted by Crippen LogP contribution is -2.56. The van der Waals surface area contributed by atoms with Crippen LogP contribution in [0.1, 0.15) is 13.8 Å². The first-order valence-electron chi connectivity index (χ1n) is 7.08. The quantitative estimate of drug-likeness (QED) is 0.818. The molecule has 2 aliphatic rings. The van der Waals surface area contributed by atoms with E-state index < -0.39 is 35.5 Å². The second kappa shape index (κ2) is 5.57. The molecule has 0 aromatic rings. The van der Waals surface area contributed by atoms with E-state index in [1.165, 1.54) is 23.6 Å². The highest BCUT2D eigenvalue weighted by atomic mass is 19.4. The number of carboxylic acids is 1. The molecule has 2 aliphatic heterocycles. The van der Waals surface area contributed by atoms with Gasteiger partial charge in [-0.3, -0.25) is 9.59 Å². The summed E-state index contributed by atoms with van der Waals surface area (Å²) in [6, 6.07) is -0.949. The van der Waals surface area contributed by atoms with E-state index in [-0.39, 0.29) is 32.7 Å². The molecule has 1 atom stereocenters. The van der Waals surface area contributed by atoms with Gasteiger partial charge in [-0.15, -0.1) is 0 Å². The molecule has 10 heteroatoms. The summed E-state index contributed by atoms with van der Waals surface area (Å²) in [6.07, 6.45) is -4.93. The zero-order valence-electron chi connectivity index (χ0n) is 12.8. The highest BCUT2D eigenvalue weighted by Crippen LogP contribution is 2.27. The Bertz CT molecular complexity index is 535. The van der Waals surface area contributed by atoms with Gasteiger partial charge in [-0.05, 0) is 13.8 Å². The van der Waals surface area contributed by atoms with Gasteiger partial charge < -0.3 is 19.8 Å². The van der Waals surface area contributed by atoms with Gasteiger partial charge in [-0.25, -0.2) is 4.79 Å². The number of urea groups is 1. The zero-order chi connectivity index (χ0) is 17.6. The fourth-order valence-corrected chi connectivity index (χ4v) is 2.82. The number of carboxylic acid groups (broad SMARTS) is 1. The van der Waals surface area contributed by atoms with Crippen LogP contribution in [-0.2, 0) is 9.59 Å². The molecule has 2 fully saturated rings. The van der Waals surface area contributed by atoms with Crippen LogP contribution in [0.15, 0.2) is 0 Å². The molecule has 23 heavy (non-hydrogen) atoms. The van der Waals surface area contributed by atoms with E-state index in [0.717, 1.165) is 0 Å². The molecule has 7 nitrogen and oxygen atoms in total. The lowest BCUT2D eigenvalue weighted by molar-refractivity contribution is -0.187. The van der Waals surface area contributed by atoms with Crippen molar-refractivity contribution in [2.45, 2.75) is 26.1 Å². The van der Waals surface area contributed by atoms with E-state index in [4.69, 9.17) is 5.11 Å². The Kier molecular flexibility index (Phi) is 4.20. The minimum atomic E-state index is -4.93. The van der Waals surface area contributed by atoms with Crippen LogP contribution < -0.4 is 0 Å². The van der Waals surface area contributed by atoms with Gasteiger partial charge in [0.25, 0.3) is 0 Å². The van der Waals surface area contributed by atoms with E-state index in [1.807, 2.05) is 0 Å². The standard InChI is InChI=1S/C13H18F3N3O4/c1-12(2,10(21)22)7-18-6-8-5-17(9(20)13(14,15)16)3-4-19(8)11(18)23/h8H,3-7H2,1-2H3,(H,21,22)/t8-/m0/s1. The second-order valence-electron chi connectivity index (χ2n) is 6.45. The van der Waals surface area contributed by atoms with Gasteiger partial charge >= 0.3 is 24.1 Å². The van der Waals surface area contributed by atoms with Crippen molar-refractivity contribution in [3.05, 3.63) is 0 Å². The number of fused-ring (bicyclic) bond motifs is 1. The van der Waals surface area contributed by atoms with Crippen LogP contribution in [0.5, 0.6) is 0 Å². The third-order valence-electron chi connectivity index (χ3n) is 4.12. The Labute approximate surface area is 130 Å². The number of carbonyl (C=O) groups excluding carboxylic acids is 2. The number of amides is 3. The van der Waals surface area contributed by atoms with Crippen LogP contribution in [0.4, 0.5) is 18.0 Å². The van der Waals surface area contributed by atoms with E-state index >= 15 is 0 Å². The third-order valence-corrected chi connectivity index (χ3v) is 4.12. The van der Waals surface area contributed by atoms with Crippen molar-refractivity contribution in [3.8, 4) is 0 Å². The molecule has 2 saturated heterocycles. The summed E-state index contributed by atoms with van der Waals surface area (Å²) in [5.74, 6) is -2.97. The maximum Gasteiger partial charge on any atom is 0.471 e. The van der Waals surface area contributed by atoms with Crippen molar-refractivity contribution in [1.29, 1.82) is 0 Å². The summed E-state index contributed by atoms with van der Waals surface area (Å²) in [5, 5.41) is 9.12. The molecule has 0 aliphatic carbocycles. The highest BCUT2D eigenvalue weighted by molar-refractivity contribution is 5.83. The van der Waals surface area contributed by atoms with E-state index in [1.54, 1.807) is 0 Å². The first-order chi connectivity index (χ1) is 10.4. The van der Waals surface area contributed by atoms with Gasteiger partial charge in [0.05, 0.1) is 11.5 Å². The Hall–Kier alpha value is -2.00. The minimum Gasteiger partial charge on any atom is -0.481 e. The minimum absolute atomic E-state index is 0.00925. The molecule has 130 valence electrons. The van der Waals surface area contributed by atoms with Crippen molar-refractivity contribution in [2.75, 3.05) is 32.7 Å². The van der Waals surface area contributed by atoms with Crippen LogP contribution in [0, 0.1) is 5.41 Å². The molecule has 0 spiro atoms. The van der Waals surface area contributed by atoms with Crippen molar-refractivity contribution >= 4 is 17.9 Å². The average Bonchev–Trinajstić information content (AvgIpc) is 2.72. The lowest BCUT2D eigenvalue weighted by atomic mass is 9.93. The molecule has 0 unspecified atom stereocenters. The first-order valence-corrected chi connectivity index (χ1v) is 7.08. The maximum atomic E-state index is 12.5. The molecule has 0 saturated carbocycles. The van der Waals surface area contributed by atoms with Gasteiger partial charge in [0.1, 0.15) is 0 Å². The predicted octanol–water partition coefficient (Wildman–Crippen LogP) is 0.608. The largest absolute Gasteiger partial charge is 0.481 e. The normalized spacial score (nSPS) is 22.4. The van der Waals surface area contributed by atoms with Crippen molar-refractivity contribution in [2.24, 2.45) is 5.41 Å². The summed E-state index contributed by atoms with van der Waals surface area (Å²) in [6.45, 7) is 2.64. The molecule has 0 radical (unpaired) electrons. The Morgan fingerprint density at radius 2 is 1.83 bits per heavy atom. The molecule has 2 heterocycles. The van der Waals surface area contributed by atoms with Gasteiger partial charge in [-0.1, -0.05) is 0 Å². The van der Waals surface area contributed by atoms with Crippen LogP contribution in [0.2, 0.25) is 0 Å². The molecular weight excluding hydrogens is 319 g/mol. The van der Waals surface area contributed by atoms with Crippen molar-refractivity contribution in [3.63, 3.8) is 0 Å². The van der Waals surface area contributed by atoms with Gasteiger partial charge in [0.15, 0.2) is 0 Å². The van der Waals surface area contributed by atoms with E-state index in [2.05, 4.69) is 0 Å². The fraction of sp³-hybridized carbons (Fsp3) is 0.769. The molecule has 0 bridgehead atoms. The summed E-state index contributed by atoms with van der Waals surface area (Å²) < 4.78 is 37.5. The number of hydrogen-bond donors (Lipinski definition) is 1. The van der Waals surface area contributed by atoms with Gasteiger partial charge in [-0.2, -0.15) is 13.2 Å². The molecule has 2 rings (SSSR count). The number of hydrogen-bond acceptors (Lipinski definition) is 3. The van der Waals surface area contributed by atoms with E-state index in [0.29, 0.717) is 4.90 Å². The zero-order valence-corrected chi connectivity index (χ0v) is 12.8. The highest BCUT2D eigenvalue weighted by Gasteiger charge is 2.48. The SMILES string of the molecule is CC(C)(CN1C[C@@H]2CN(C(=O)C(F)(F)F)CCN2C1=O)C(=O)O. The van der Waals surface area contributed by atoms with Crippen LogP contribution >= 0.6 is 0 Å². The number of aliphatic carboxylic acids is 1. The molecular formula is C13H18F3N3O4. The smallest absolute Gasteiger partial charge is 0.471 e.